The van der Waals surface area contributed by atoms with Crippen molar-refractivity contribution >= 4 is 45.3 Å². The first kappa shape index (κ1) is 21.1. The van der Waals surface area contributed by atoms with E-state index in [4.69, 9.17) is 16.3 Å². The molecule has 6 nitrogen and oxygen atoms in total. The molecule has 0 spiro atoms. The Labute approximate surface area is 188 Å². The second-order valence-corrected chi connectivity index (χ2v) is 9.23. The Bertz CT molecular complexity index is 1240. The summed E-state index contributed by atoms with van der Waals surface area (Å²) < 4.78 is 7.24. The lowest BCUT2D eigenvalue weighted by Crippen LogP contribution is -2.25. The largest absolute Gasteiger partial charge is 0.456 e. The van der Waals surface area contributed by atoms with Crippen molar-refractivity contribution in [3.63, 3.8) is 0 Å². The van der Waals surface area contributed by atoms with E-state index in [1.165, 1.54) is 11.3 Å². The highest BCUT2D eigenvalue weighted by molar-refractivity contribution is 7.15. The first-order chi connectivity index (χ1) is 14.7. The van der Waals surface area contributed by atoms with E-state index in [1.807, 2.05) is 35.7 Å². The quantitative estimate of drug-likeness (QED) is 0.389. The van der Waals surface area contributed by atoms with Crippen LogP contribution in [0.4, 0.5) is 5.00 Å². The molecule has 31 heavy (non-hydrogen) atoms. The highest BCUT2D eigenvalue weighted by atomic mass is 35.5. The normalized spacial score (nSPS) is 11.5. The van der Waals surface area contributed by atoms with Gasteiger partial charge < -0.3 is 10.1 Å². The van der Waals surface area contributed by atoms with Crippen LogP contribution in [-0.4, -0.2) is 27.1 Å². The predicted molar refractivity (Wildman–Crippen MR) is 123 cm³/mol. The summed E-state index contributed by atoms with van der Waals surface area (Å²) in [4.78, 5) is 25.9. The van der Waals surface area contributed by atoms with Crippen LogP contribution in [0.25, 0.3) is 16.6 Å². The van der Waals surface area contributed by atoms with Crippen LogP contribution in [0.2, 0.25) is 5.02 Å². The number of halogens is 1. The molecular weight excluding hydrogens is 434 g/mol. The van der Waals surface area contributed by atoms with Crippen molar-refractivity contribution in [1.29, 1.82) is 0 Å². The number of pyridine rings is 1. The molecule has 0 aliphatic carbocycles. The highest BCUT2D eigenvalue weighted by Gasteiger charge is 2.27. The number of carbonyl (C=O) groups is 2. The Morgan fingerprint density at radius 1 is 1.13 bits per heavy atom. The average molecular weight is 454 g/mol. The van der Waals surface area contributed by atoms with Crippen molar-refractivity contribution in [2.45, 2.75) is 26.4 Å². The first-order valence-corrected chi connectivity index (χ1v) is 10.8. The minimum Gasteiger partial charge on any atom is -0.456 e. The maximum atomic E-state index is 13.0. The van der Waals surface area contributed by atoms with Crippen LogP contribution in [0.3, 0.4) is 0 Å². The number of rotatable bonds is 4. The topological polar surface area (TPSA) is 72.7 Å². The van der Waals surface area contributed by atoms with E-state index >= 15 is 0 Å². The zero-order valence-corrected chi connectivity index (χ0v) is 18.8. The van der Waals surface area contributed by atoms with Gasteiger partial charge in [-0.1, -0.05) is 29.8 Å². The van der Waals surface area contributed by atoms with Gasteiger partial charge in [-0.05, 0) is 56.7 Å². The number of esters is 1. The van der Waals surface area contributed by atoms with E-state index in [-0.39, 0.29) is 5.69 Å². The van der Waals surface area contributed by atoms with E-state index < -0.39 is 17.5 Å². The minimum absolute atomic E-state index is 0.253. The molecule has 8 heteroatoms. The van der Waals surface area contributed by atoms with Gasteiger partial charge in [0.2, 0.25) is 0 Å². The van der Waals surface area contributed by atoms with Gasteiger partial charge in [0.25, 0.3) is 5.91 Å². The smallest absolute Gasteiger partial charge is 0.342 e. The SMILES string of the molecule is CC(C)(C)OC(=O)c1c(-c2ccc(Cl)cc2)csc1NC(=O)c1cc2ccccn2n1. The van der Waals surface area contributed by atoms with Crippen molar-refractivity contribution in [3.8, 4) is 11.1 Å². The standard InChI is InChI=1S/C23H20ClN3O3S/c1-23(2,3)30-22(29)19-17(14-7-9-15(24)10-8-14)13-31-21(19)25-20(28)18-12-16-6-4-5-11-27(16)26-18/h4-13H,1-3H3,(H,25,28). The van der Waals surface area contributed by atoms with Gasteiger partial charge in [0.15, 0.2) is 5.69 Å². The van der Waals surface area contributed by atoms with Crippen molar-refractivity contribution in [2.75, 3.05) is 5.32 Å². The summed E-state index contributed by atoms with van der Waals surface area (Å²) in [6, 6.07) is 14.4. The zero-order chi connectivity index (χ0) is 22.2. The van der Waals surface area contributed by atoms with E-state index in [2.05, 4.69) is 10.4 Å². The summed E-state index contributed by atoms with van der Waals surface area (Å²) in [5.41, 5.74) is 2.14. The Kier molecular flexibility index (Phi) is 5.56. The lowest BCUT2D eigenvalue weighted by Gasteiger charge is -2.20. The number of nitrogens with one attached hydrogen (secondary N) is 1. The van der Waals surface area contributed by atoms with E-state index in [0.29, 0.717) is 21.2 Å². The molecule has 1 aromatic carbocycles. The van der Waals surface area contributed by atoms with Gasteiger partial charge in [0.05, 0.1) is 5.52 Å². The fourth-order valence-corrected chi connectivity index (χ4v) is 4.12. The maximum Gasteiger partial charge on any atom is 0.342 e. The van der Waals surface area contributed by atoms with E-state index in [1.54, 1.807) is 49.7 Å². The third kappa shape index (κ3) is 4.62. The number of benzene rings is 1. The second kappa shape index (κ2) is 8.17. The molecule has 0 saturated carbocycles. The molecule has 1 N–H and O–H groups in total. The van der Waals surface area contributed by atoms with Crippen LogP contribution >= 0.6 is 22.9 Å². The van der Waals surface area contributed by atoms with Crippen molar-refractivity contribution in [2.24, 2.45) is 0 Å². The molecule has 0 bridgehead atoms. The Morgan fingerprint density at radius 3 is 2.55 bits per heavy atom. The monoisotopic (exact) mass is 453 g/mol. The van der Waals surface area contributed by atoms with Gasteiger partial charge in [-0.25, -0.2) is 9.31 Å². The second-order valence-electron chi connectivity index (χ2n) is 7.92. The van der Waals surface area contributed by atoms with E-state index in [0.717, 1.165) is 11.1 Å². The number of nitrogens with zero attached hydrogens (tertiary/aromatic N) is 2. The van der Waals surface area contributed by atoms with Crippen LogP contribution in [0.5, 0.6) is 0 Å². The van der Waals surface area contributed by atoms with Gasteiger partial charge in [-0.2, -0.15) is 5.10 Å². The van der Waals surface area contributed by atoms with Crippen LogP contribution in [0, 0.1) is 0 Å². The summed E-state index contributed by atoms with van der Waals surface area (Å²) >= 11 is 7.27. The number of hydrogen-bond donors (Lipinski definition) is 1. The lowest BCUT2D eigenvalue weighted by atomic mass is 10.0. The van der Waals surface area contributed by atoms with Crippen LogP contribution < -0.4 is 5.32 Å². The Hall–Kier alpha value is -3.16. The summed E-state index contributed by atoms with van der Waals surface area (Å²) in [5.74, 6) is -0.915. The molecule has 1 amide bonds. The van der Waals surface area contributed by atoms with Crippen molar-refractivity contribution < 1.29 is 14.3 Å². The van der Waals surface area contributed by atoms with Gasteiger partial charge in [-0.15, -0.1) is 11.3 Å². The predicted octanol–water partition coefficient (Wildman–Crippen LogP) is 5.92. The number of hydrogen-bond acceptors (Lipinski definition) is 5. The molecular formula is C23H20ClN3O3S. The van der Waals surface area contributed by atoms with Crippen molar-refractivity contribution in [1.82, 2.24) is 9.61 Å². The number of thiophene rings is 1. The van der Waals surface area contributed by atoms with Crippen molar-refractivity contribution in [3.05, 3.63) is 76.4 Å². The number of fused-ring (bicyclic) bond motifs is 1. The highest BCUT2D eigenvalue weighted by Crippen LogP contribution is 2.37. The van der Waals surface area contributed by atoms with E-state index in [9.17, 15) is 9.59 Å². The zero-order valence-electron chi connectivity index (χ0n) is 17.2. The molecule has 0 fully saturated rings. The third-order valence-corrected chi connectivity index (χ3v) is 5.53. The summed E-state index contributed by atoms with van der Waals surface area (Å²) in [5, 5.41) is 9.95. The minimum atomic E-state index is -0.681. The molecule has 4 aromatic rings. The molecule has 0 saturated heterocycles. The molecule has 3 heterocycles. The number of carbonyl (C=O) groups excluding carboxylic acids is 2. The van der Waals surface area contributed by atoms with Gasteiger partial charge in [0.1, 0.15) is 16.2 Å². The Balaban J connectivity index is 1.71. The number of aromatic nitrogens is 2. The fraction of sp³-hybridized carbons (Fsp3) is 0.174. The Morgan fingerprint density at radius 2 is 1.87 bits per heavy atom. The molecule has 0 unspecified atom stereocenters. The molecule has 0 radical (unpaired) electrons. The van der Waals surface area contributed by atoms with Gasteiger partial charge in [-0.3, -0.25) is 4.79 Å². The lowest BCUT2D eigenvalue weighted by molar-refractivity contribution is 0.00721. The number of amides is 1. The first-order valence-electron chi connectivity index (χ1n) is 9.58. The summed E-state index contributed by atoms with van der Waals surface area (Å²) in [7, 11) is 0. The molecule has 4 rings (SSSR count). The maximum absolute atomic E-state index is 13.0. The van der Waals surface area contributed by atoms with Crippen LogP contribution in [0.1, 0.15) is 41.6 Å². The van der Waals surface area contributed by atoms with Crippen LogP contribution in [-0.2, 0) is 4.74 Å². The summed E-state index contributed by atoms with van der Waals surface area (Å²) in [6.07, 6.45) is 1.77. The summed E-state index contributed by atoms with van der Waals surface area (Å²) in [6.45, 7) is 5.40. The van der Waals surface area contributed by atoms with Gasteiger partial charge in [0, 0.05) is 22.2 Å². The van der Waals surface area contributed by atoms with Gasteiger partial charge >= 0.3 is 5.97 Å². The fourth-order valence-electron chi connectivity index (χ4n) is 3.04. The number of ether oxygens (including phenoxy) is 1. The third-order valence-electron chi connectivity index (χ3n) is 4.38. The molecule has 0 aliphatic heterocycles. The molecule has 3 aromatic heterocycles. The number of anilines is 1. The molecule has 0 aliphatic rings. The van der Waals surface area contributed by atoms with Crippen LogP contribution in [0.15, 0.2) is 60.1 Å². The molecule has 158 valence electrons. The average Bonchev–Trinajstić information content (AvgIpc) is 3.31. The molecule has 0 atom stereocenters.